The van der Waals surface area contributed by atoms with E-state index in [0.29, 0.717) is 31.0 Å². The van der Waals surface area contributed by atoms with Gasteiger partial charge in [-0.15, -0.1) is 0 Å². The van der Waals surface area contributed by atoms with E-state index in [4.69, 9.17) is 4.52 Å². The fraction of sp³-hybridized carbons (Fsp3) is 0.524. The molecule has 0 bridgehead atoms. The summed E-state index contributed by atoms with van der Waals surface area (Å²) in [4.78, 5) is 22.6. The lowest BCUT2D eigenvalue weighted by atomic mass is 10.1. The van der Waals surface area contributed by atoms with E-state index in [2.05, 4.69) is 25.8 Å². The average Bonchev–Trinajstić information content (AvgIpc) is 3.17. The maximum Gasteiger partial charge on any atom is 0.253 e. The van der Waals surface area contributed by atoms with E-state index >= 15 is 0 Å². The second-order valence-electron chi connectivity index (χ2n) is 7.29. The van der Waals surface area contributed by atoms with Crippen LogP contribution in [0.25, 0.3) is 0 Å². The minimum Gasteiger partial charge on any atom is -0.357 e. The molecule has 0 unspecified atom stereocenters. The Labute approximate surface area is 172 Å². The molecule has 0 spiro atoms. The highest BCUT2D eigenvalue weighted by atomic mass is 16.5. The summed E-state index contributed by atoms with van der Waals surface area (Å²) in [6.45, 7) is 8.14. The summed E-state index contributed by atoms with van der Waals surface area (Å²) in [5, 5.41) is 10.5. The van der Waals surface area contributed by atoms with Gasteiger partial charge >= 0.3 is 0 Å². The van der Waals surface area contributed by atoms with Crippen LogP contribution in [0.2, 0.25) is 0 Å². The fourth-order valence-electron chi connectivity index (χ4n) is 2.65. The first-order valence-electron chi connectivity index (χ1n) is 10.1. The Morgan fingerprint density at radius 3 is 2.69 bits per heavy atom. The standard InChI is InChI=1S/C21H32N6O2/c1-6-22-21(24-13-11-18-25-19(15(2)3)26-29-18)23-12-10-16-8-7-9-17(14-16)20(28)27(4)5/h7-9,14-15H,6,10-13H2,1-5H3,(H2,22,23,24). The summed E-state index contributed by atoms with van der Waals surface area (Å²) in [5.74, 6) is 2.34. The summed E-state index contributed by atoms with van der Waals surface area (Å²) in [7, 11) is 3.52. The second kappa shape index (κ2) is 11.2. The van der Waals surface area contributed by atoms with Gasteiger partial charge in [-0.1, -0.05) is 31.1 Å². The topological polar surface area (TPSA) is 95.6 Å². The Bertz CT molecular complexity index is 813. The van der Waals surface area contributed by atoms with Crippen molar-refractivity contribution in [2.24, 2.45) is 4.99 Å². The lowest BCUT2D eigenvalue weighted by Crippen LogP contribution is -2.38. The van der Waals surface area contributed by atoms with Crippen LogP contribution in [0.3, 0.4) is 0 Å². The molecule has 0 aliphatic carbocycles. The van der Waals surface area contributed by atoms with Crippen molar-refractivity contribution >= 4 is 11.9 Å². The number of nitrogens with zero attached hydrogens (tertiary/aromatic N) is 4. The van der Waals surface area contributed by atoms with Crippen molar-refractivity contribution in [2.75, 3.05) is 33.7 Å². The highest BCUT2D eigenvalue weighted by molar-refractivity contribution is 5.94. The molecule has 158 valence electrons. The second-order valence-corrected chi connectivity index (χ2v) is 7.29. The predicted octanol–water partition coefficient (Wildman–Crippen LogP) is 2.24. The zero-order valence-corrected chi connectivity index (χ0v) is 18.0. The molecule has 2 N–H and O–H groups in total. The molecule has 0 fully saturated rings. The van der Waals surface area contributed by atoms with E-state index in [1.165, 1.54) is 0 Å². The number of aromatic nitrogens is 2. The Morgan fingerprint density at radius 2 is 2.03 bits per heavy atom. The van der Waals surface area contributed by atoms with Crippen molar-refractivity contribution in [2.45, 2.75) is 39.5 Å². The third kappa shape index (κ3) is 7.21. The number of benzene rings is 1. The summed E-state index contributed by atoms with van der Waals surface area (Å²) in [5.41, 5.74) is 1.81. The van der Waals surface area contributed by atoms with Gasteiger partial charge in [0, 0.05) is 45.1 Å². The fourth-order valence-corrected chi connectivity index (χ4v) is 2.65. The predicted molar refractivity (Wildman–Crippen MR) is 114 cm³/mol. The molecule has 0 radical (unpaired) electrons. The molecular weight excluding hydrogens is 368 g/mol. The van der Waals surface area contributed by atoms with Crippen LogP contribution < -0.4 is 10.6 Å². The van der Waals surface area contributed by atoms with Crippen LogP contribution in [-0.4, -0.2) is 60.6 Å². The largest absolute Gasteiger partial charge is 0.357 e. The molecule has 0 saturated heterocycles. The Kier molecular flexibility index (Phi) is 8.64. The molecule has 1 aromatic heterocycles. The van der Waals surface area contributed by atoms with Crippen molar-refractivity contribution in [3.05, 3.63) is 47.1 Å². The number of carbonyl (C=O) groups excluding carboxylic acids is 1. The summed E-state index contributed by atoms with van der Waals surface area (Å²) in [6.07, 6.45) is 1.39. The molecule has 1 aromatic carbocycles. The maximum absolute atomic E-state index is 12.1. The van der Waals surface area contributed by atoms with E-state index in [1.54, 1.807) is 19.0 Å². The van der Waals surface area contributed by atoms with Crippen LogP contribution in [0.1, 0.15) is 54.3 Å². The van der Waals surface area contributed by atoms with Crippen molar-refractivity contribution in [3.63, 3.8) is 0 Å². The van der Waals surface area contributed by atoms with E-state index in [0.717, 1.165) is 30.3 Å². The van der Waals surface area contributed by atoms with Gasteiger partial charge in [0.15, 0.2) is 11.8 Å². The van der Waals surface area contributed by atoms with Crippen molar-refractivity contribution < 1.29 is 9.32 Å². The molecule has 1 heterocycles. The number of hydrogen-bond donors (Lipinski definition) is 2. The normalized spacial score (nSPS) is 11.6. The molecule has 8 heteroatoms. The third-order valence-corrected chi connectivity index (χ3v) is 4.23. The quantitative estimate of drug-likeness (QED) is 0.495. The molecular formula is C21H32N6O2. The first kappa shape index (κ1) is 22.4. The summed E-state index contributed by atoms with van der Waals surface area (Å²) >= 11 is 0. The molecule has 0 saturated carbocycles. The molecule has 8 nitrogen and oxygen atoms in total. The number of aliphatic imine (C=N–C) groups is 1. The van der Waals surface area contributed by atoms with E-state index in [-0.39, 0.29) is 11.8 Å². The van der Waals surface area contributed by atoms with Crippen molar-refractivity contribution in [3.8, 4) is 0 Å². The lowest BCUT2D eigenvalue weighted by Gasteiger charge is -2.13. The molecule has 1 amide bonds. The molecule has 0 aliphatic heterocycles. The SMILES string of the molecule is CCNC(=NCCc1nc(C(C)C)no1)NCCc1cccc(C(=O)N(C)C)c1. The van der Waals surface area contributed by atoms with Crippen LogP contribution in [0, 0.1) is 0 Å². The Balaban J connectivity index is 1.86. The average molecular weight is 401 g/mol. The Hall–Kier alpha value is -2.90. The molecule has 29 heavy (non-hydrogen) atoms. The zero-order valence-electron chi connectivity index (χ0n) is 18.0. The molecule has 0 atom stereocenters. The van der Waals surface area contributed by atoms with Crippen LogP contribution in [0.5, 0.6) is 0 Å². The van der Waals surface area contributed by atoms with Crippen LogP contribution in [0.4, 0.5) is 0 Å². The number of carbonyl (C=O) groups is 1. The first-order valence-corrected chi connectivity index (χ1v) is 10.1. The number of guanidine groups is 1. The van der Waals surface area contributed by atoms with Gasteiger partial charge < -0.3 is 20.1 Å². The van der Waals surface area contributed by atoms with Gasteiger partial charge in [0.2, 0.25) is 5.89 Å². The van der Waals surface area contributed by atoms with Crippen LogP contribution >= 0.6 is 0 Å². The van der Waals surface area contributed by atoms with Gasteiger partial charge in [-0.2, -0.15) is 4.98 Å². The number of hydrogen-bond acceptors (Lipinski definition) is 5. The summed E-state index contributed by atoms with van der Waals surface area (Å²) in [6, 6.07) is 7.73. The number of amides is 1. The van der Waals surface area contributed by atoms with E-state index in [1.807, 2.05) is 45.0 Å². The third-order valence-electron chi connectivity index (χ3n) is 4.23. The highest BCUT2D eigenvalue weighted by Gasteiger charge is 2.10. The van der Waals surface area contributed by atoms with Gasteiger partial charge in [-0.3, -0.25) is 9.79 Å². The van der Waals surface area contributed by atoms with Gasteiger partial charge in [0.1, 0.15) is 0 Å². The zero-order chi connectivity index (χ0) is 21.2. The highest BCUT2D eigenvalue weighted by Crippen LogP contribution is 2.10. The van der Waals surface area contributed by atoms with Crippen molar-refractivity contribution in [1.29, 1.82) is 0 Å². The number of rotatable bonds is 9. The van der Waals surface area contributed by atoms with Gasteiger partial charge in [-0.05, 0) is 31.0 Å². The molecule has 0 aliphatic rings. The van der Waals surface area contributed by atoms with Gasteiger partial charge in [-0.25, -0.2) is 0 Å². The summed E-state index contributed by atoms with van der Waals surface area (Å²) < 4.78 is 5.25. The molecule has 2 rings (SSSR count). The molecule has 2 aromatic rings. The number of nitrogens with one attached hydrogen (secondary N) is 2. The van der Waals surface area contributed by atoms with Crippen molar-refractivity contribution in [1.82, 2.24) is 25.7 Å². The Morgan fingerprint density at radius 1 is 1.24 bits per heavy atom. The van der Waals surface area contributed by atoms with Crippen LogP contribution in [0.15, 0.2) is 33.8 Å². The monoisotopic (exact) mass is 400 g/mol. The smallest absolute Gasteiger partial charge is 0.253 e. The minimum atomic E-state index is 0.0105. The van der Waals surface area contributed by atoms with Gasteiger partial charge in [0.25, 0.3) is 5.91 Å². The first-order chi connectivity index (χ1) is 13.9. The van der Waals surface area contributed by atoms with Gasteiger partial charge in [0.05, 0.1) is 6.54 Å². The van der Waals surface area contributed by atoms with E-state index < -0.39 is 0 Å². The maximum atomic E-state index is 12.1. The minimum absolute atomic E-state index is 0.0105. The lowest BCUT2D eigenvalue weighted by molar-refractivity contribution is 0.0827. The van der Waals surface area contributed by atoms with E-state index in [9.17, 15) is 4.79 Å². The van der Waals surface area contributed by atoms with Crippen LogP contribution in [-0.2, 0) is 12.8 Å².